The van der Waals surface area contributed by atoms with E-state index < -0.39 is 10.0 Å². The molecule has 0 saturated heterocycles. The first-order valence-electron chi connectivity index (χ1n) is 8.60. The maximum atomic E-state index is 11.4. The molecule has 0 aliphatic heterocycles. The number of fused-ring (bicyclic) bond motifs is 1. The number of ether oxygens (including phenoxy) is 1. The lowest BCUT2D eigenvalue weighted by Gasteiger charge is -2.15. The van der Waals surface area contributed by atoms with Gasteiger partial charge in [-0.3, -0.25) is 9.44 Å². The lowest BCUT2D eigenvalue weighted by atomic mass is 10.1. The van der Waals surface area contributed by atoms with Crippen molar-refractivity contribution in [3.8, 4) is 11.5 Å². The molecule has 1 aliphatic rings. The summed E-state index contributed by atoms with van der Waals surface area (Å²) in [6, 6.07) is 13.5. The zero-order valence-corrected chi connectivity index (χ0v) is 16.8. The van der Waals surface area contributed by atoms with Crippen molar-refractivity contribution in [2.45, 2.75) is 38.0 Å². The molecule has 5 nitrogen and oxygen atoms in total. The second-order valence-corrected chi connectivity index (χ2v) is 9.90. The van der Waals surface area contributed by atoms with Gasteiger partial charge < -0.3 is 4.74 Å². The second kappa shape index (κ2) is 7.90. The molecular formula is C19H24N2O3S2. The smallest absolute Gasteiger partial charge is 0.229 e. The maximum Gasteiger partial charge on any atom is 0.229 e. The Morgan fingerprint density at radius 3 is 2.65 bits per heavy atom. The van der Waals surface area contributed by atoms with Gasteiger partial charge in [0, 0.05) is 17.4 Å². The molecule has 3 rings (SSSR count). The first-order chi connectivity index (χ1) is 12.3. The molecule has 0 aromatic heterocycles. The number of nitrogens with one attached hydrogen (secondary N) is 2. The molecule has 7 heteroatoms. The van der Waals surface area contributed by atoms with Gasteiger partial charge in [-0.1, -0.05) is 37.9 Å². The molecule has 1 aliphatic carbocycles. The minimum atomic E-state index is -3.31. The summed E-state index contributed by atoms with van der Waals surface area (Å²) in [5, 5.41) is 0.550. The fourth-order valence-corrected chi connectivity index (χ4v) is 4.21. The Bertz CT molecular complexity index is 882. The van der Waals surface area contributed by atoms with Crippen LogP contribution < -0.4 is 14.2 Å². The average Bonchev–Trinajstić information content (AvgIpc) is 2.94. The van der Waals surface area contributed by atoms with E-state index in [9.17, 15) is 8.42 Å². The SMILES string of the molecule is CC(C)SNC1CCc2cc(Oc3cccc(NS(C)(=O)=O)c3)ccc21. The normalized spacial score (nSPS) is 16.5. The van der Waals surface area contributed by atoms with Gasteiger partial charge >= 0.3 is 0 Å². The lowest BCUT2D eigenvalue weighted by Crippen LogP contribution is -2.13. The molecule has 0 saturated carbocycles. The number of anilines is 1. The third-order valence-electron chi connectivity index (χ3n) is 4.01. The van der Waals surface area contributed by atoms with Gasteiger partial charge in [-0.2, -0.15) is 0 Å². The molecule has 0 fully saturated rings. The fourth-order valence-electron chi connectivity index (χ4n) is 2.97. The highest BCUT2D eigenvalue weighted by atomic mass is 32.2. The van der Waals surface area contributed by atoms with Gasteiger partial charge in [0.25, 0.3) is 0 Å². The van der Waals surface area contributed by atoms with E-state index in [1.165, 1.54) is 11.1 Å². The van der Waals surface area contributed by atoms with Gasteiger partial charge in [-0.05, 0) is 48.2 Å². The second-order valence-electron chi connectivity index (χ2n) is 6.74. The summed E-state index contributed by atoms with van der Waals surface area (Å²) in [6.45, 7) is 4.36. The molecule has 140 valence electrons. The molecule has 0 heterocycles. The van der Waals surface area contributed by atoms with Crippen LogP contribution in [-0.4, -0.2) is 19.9 Å². The van der Waals surface area contributed by atoms with Crippen LogP contribution in [0.5, 0.6) is 11.5 Å². The van der Waals surface area contributed by atoms with Crippen LogP contribution in [0.25, 0.3) is 0 Å². The Morgan fingerprint density at radius 2 is 1.92 bits per heavy atom. The van der Waals surface area contributed by atoms with Crippen LogP contribution in [-0.2, 0) is 16.4 Å². The van der Waals surface area contributed by atoms with Crippen molar-refractivity contribution in [2.75, 3.05) is 11.0 Å². The van der Waals surface area contributed by atoms with E-state index in [0.29, 0.717) is 22.7 Å². The highest BCUT2D eigenvalue weighted by Crippen LogP contribution is 2.36. The monoisotopic (exact) mass is 392 g/mol. The van der Waals surface area contributed by atoms with Crippen molar-refractivity contribution in [2.24, 2.45) is 0 Å². The summed E-state index contributed by atoms with van der Waals surface area (Å²) in [6.07, 6.45) is 3.24. The van der Waals surface area contributed by atoms with Crippen molar-refractivity contribution < 1.29 is 13.2 Å². The van der Waals surface area contributed by atoms with E-state index in [1.807, 2.05) is 12.1 Å². The van der Waals surface area contributed by atoms with E-state index in [2.05, 4.69) is 35.4 Å². The van der Waals surface area contributed by atoms with Crippen LogP contribution in [0.3, 0.4) is 0 Å². The minimum Gasteiger partial charge on any atom is -0.457 e. The van der Waals surface area contributed by atoms with Gasteiger partial charge in [0.05, 0.1) is 11.9 Å². The summed E-state index contributed by atoms with van der Waals surface area (Å²) in [4.78, 5) is 0. The molecule has 1 unspecified atom stereocenters. The summed E-state index contributed by atoms with van der Waals surface area (Å²) in [7, 11) is -3.31. The quantitative estimate of drug-likeness (QED) is 0.680. The van der Waals surface area contributed by atoms with Gasteiger partial charge in [0.2, 0.25) is 10.0 Å². The third-order valence-corrected chi connectivity index (χ3v) is 5.51. The Balaban J connectivity index is 1.71. The molecule has 1 atom stereocenters. The van der Waals surface area contributed by atoms with Crippen LogP contribution in [0.15, 0.2) is 42.5 Å². The van der Waals surface area contributed by atoms with E-state index >= 15 is 0 Å². The van der Waals surface area contributed by atoms with Crippen LogP contribution >= 0.6 is 11.9 Å². The molecule has 2 N–H and O–H groups in total. The van der Waals surface area contributed by atoms with Crippen LogP contribution in [0.4, 0.5) is 5.69 Å². The zero-order valence-electron chi connectivity index (χ0n) is 15.2. The third kappa shape index (κ3) is 5.16. The molecule has 0 spiro atoms. The van der Waals surface area contributed by atoms with Crippen molar-refractivity contribution >= 4 is 27.7 Å². The van der Waals surface area contributed by atoms with Gasteiger partial charge in [-0.25, -0.2) is 8.42 Å². The maximum absolute atomic E-state index is 11.4. The number of aryl methyl sites for hydroxylation is 1. The first-order valence-corrected chi connectivity index (χ1v) is 11.4. The summed E-state index contributed by atoms with van der Waals surface area (Å²) in [5.41, 5.74) is 3.12. The van der Waals surface area contributed by atoms with E-state index in [0.717, 1.165) is 24.8 Å². The molecule has 26 heavy (non-hydrogen) atoms. The molecule has 0 radical (unpaired) electrons. The number of hydrogen-bond acceptors (Lipinski definition) is 5. The van der Waals surface area contributed by atoms with Crippen molar-refractivity contribution in [3.05, 3.63) is 53.6 Å². The number of benzene rings is 2. The van der Waals surface area contributed by atoms with Crippen LogP contribution in [0.1, 0.15) is 37.4 Å². The zero-order chi connectivity index (χ0) is 18.7. The summed E-state index contributed by atoms with van der Waals surface area (Å²) < 4.78 is 34.7. The van der Waals surface area contributed by atoms with Crippen LogP contribution in [0.2, 0.25) is 0 Å². The Kier molecular flexibility index (Phi) is 5.79. The molecule has 0 bridgehead atoms. The average molecular weight is 393 g/mol. The molecule has 0 amide bonds. The molecular weight excluding hydrogens is 368 g/mol. The minimum absolute atomic E-state index is 0.383. The van der Waals surface area contributed by atoms with E-state index in [-0.39, 0.29) is 0 Å². The highest BCUT2D eigenvalue weighted by molar-refractivity contribution is 7.98. The topological polar surface area (TPSA) is 67.4 Å². The summed E-state index contributed by atoms with van der Waals surface area (Å²) in [5.74, 6) is 1.36. The van der Waals surface area contributed by atoms with Crippen molar-refractivity contribution in [3.63, 3.8) is 0 Å². The molecule has 2 aromatic rings. The van der Waals surface area contributed by atoms with E-state index in [1.54, 1.807) is 30.1 Å². The Hall–Kier alpha value is -1.70. The largest absolute Gasteiger partial charge is 0.457 e. The van der Waals surface area contributed by atoms with Crippen LogP contribution in [0, 0.1) is 0 Å². The van der Waals surface area contributed by atoms with Gasteiger partial charge in [0.15, 0.2) is 0 Å². The first kappa shape index (κ1) is 19.1. The summed E-state index contributed by atoms with van der Waals surface area (Å²) >= 11 is 1.77. The Morgan fingerprint density at radius 1 is 1.15 bits per heavy atom. The highest BCUT2D eigenvalue weighted by Gasteiger charge is 2.23. The predicted molar refractivity (Wildman–Crippen MR) is 108 cm³/mol. The van der Waals surface area contributed by atoms with Crippen molar-refractivity contribution in [1.82, 2.24) is 4.72 Å². The Labute approximate surface area is 159 Å². The standard InChI is InChI=1S/C19H24N2O3S2/c1-13(2)25-20-19-10-7-14-11-17(8-9-18(14)19)24-16-6-4-5-15(12-16)21-26(3,22)23/h4-6,8-9,11-13,19-21H,7,10H2,1-3H3. The molecule has 2 aromatic carbocycles. The number of rotatable bonds is 7. The number of hydrogen-bond donors (Lipinski definition) is 2. The van der Waals surface area contributed by atoms with Gasteiger partial charge in [0.1, 0.15) is 11.5 Å². The number of sulfonamides is 1. The van der Waals surface area contributed by atoms with Gasteiger partial charge in [-0.15, -0.1) is 0 Å². The lowest BCUT2D eigenvalue weighted by molar-refractivity contribution is 0.482. The fraction of sp³-hybridized carbons (Fsp3) is 0.368. The van der Waals surface area contributed by atoms with Crippen molar-refractivity contribution in [1.29, 1.82) is 0 Å². The predicted octanol–water partition coefficient (Wildman–Crippen LogP) is 4.48. The van der Waals surface area contributed by atoms with E-state index in [4.69, 9.17) is 4.74 Å².